The first kappa shape index (κ1) is 80.0. The molecule has 5 aromatic heterocycles. The molecule has 0 amide bonds. The van der Waals surface area contributed by atoms with Gasteiger partial charge in [0.25, 0.3) is 0 Å². The molecule has 9 nitrogen and oxygen atoms in total. The standard InChI is InChI=1S/C45H27N3O.C44H29NO.C37H21N3S/c1-3-14-29(15-4-1)43-46-44(30-16-5-2-6-17-30)48-45(47-43)36-23-12-20-32-33(36)21-11-22-34(32)38-27-40-42(37-19-9-10-24-39(37)49-40)41-31-18-8-7-13-28(31)25-26-35(38)41;1-3-9-30(10-4-1)32-17-22-36(23-18-32)45(37-24-19-33(20-25-37)31-11-5-2-6-12-31)38-26-28-41-40(29-38)44-42(46-41)27-21-35-16-15-34-13-7-8-14-39(34)43(35)44;38-22-23-9-8-13-26(19-23)32-21-31(25-11-2-1-3-12-25)39-37(40-32)30-20-27-18-17-24-10-4-5-14-28(24)34(27)35-29-15-6-7-16-33(29)41-36(30)35/h1-27H;1-29H;1-21H. The number of para-hydroxylation sites is 1. The Bertz CT molecular complexity index is 9290. The summed E-state index contributed by atoms with van der Waals surface area (Å²) in [7, 11) is 0. The molecule has 0 saturated carbocycles. The van der Waals surface area contributed by atoms with Crippen molar-refractivity contribution in [3.05, 3.63) is 473 Å². The normalized spacial score (nSPS) is 11.5. The molecule has 27 rings (SSSR count). The Balaban J connectivity index is 0.000000109. The van der Waals surface area contributed by atoms with Gasteiger partial charge in [0.05, 0.1) is 23.0 Å². The van der Waals surface area contributed by atoms with Crippen LogP contribution in [0.5, 0.6) is 0 Å². The van der Waals surface area contributed by atoms with E-state index in [1.807, 2.05) is 115 Å². The van der Waals surface area contributed by atoms with Gasteiger partial charge in [-0.1, -0.05) is 376 Å². The minimum Gasteiger partial charge on any atom is -0.456 e. The molecule has 22 aromatic carbocycles. The summed E-state index contributed by atoms with van der Waals surface area (Å²) in [6.45, 7) is 0. The van der Waals surface area contributed by atoms with Crippen LogP contribution in [0.4, 0.5) is 17.1 Å². The third kappa shape index (κ3) is 14.4. The van der Waals surface area contributed by atoms with Crippen molar-refractivity contribution in [1.29, 1.82) is 5.26 Å². The average molecular weight is 1750 g/mol. The summed E-state index contributed by atoms with van der Waals surface area (Å²) in [6.07, 6.45) is 0. The molecular formula is C126H77N7O2S. The number of furan rings is 2. The van der Waals surface area contributed by atoms with Crippen LogP contribution >= 0.6 is 11.3 Å². The van der Waals surface area contributed by atoms with Crippen molar-refractivity contribution in [3.63, 3.8) is 0 Å². The van der Waals surface area contributed by atoms with Crippen LogP contribution in [0, 0.1) is 11.3 Å². The largest absolute Gasteiger partial charge is 0.456 e. The number of thiophene rings is 1. The van der Waals surface area contributed by atoms with E-state index in [1.54, 1.807) is 11.3 Å². The van der Waals surface area contributed by atoms with Gasteiger partial charge >= 0.3 is 0 Å². The molecule has 0 N–H and O–H groups in total. The van der Waals surface area contributed by atoms with Crippen molar-refractivity contribution >= 4 is 168 Å². The molecule has 0 unspecified atom stereocenters. The van der Waals surface area contributed by atoms with Gasteiger partial charge < -0.3 is 13.7 Å². The SMILES string of the molecule is N#Cc1cccc(-c2cc(-c3ccccc3)nc(-c3cc4ccc5ccccc5c4c4c3sc3ccccc34)n2)c1.c1ccc(-c2ccc(N(c3ccc(-c4ccccc4)cc3)c3ccc4oc5ccc6ccc7ccccc7c6c5c4c3)cc2)cc1.c1ccc(-c2nc(-c3ccccc3)nc(-c3cccc4c(-c5cc6oc7ccccc7c6c6c5ccc5ccccc56)cccc34)n2)cc1. The smallest absolute Gasteiger partial charge is 0.164 e. The summed E-state index contributed by atoms with van der Waals surface area (Å²) < 4.78 is 15.4. The fourth-order valence-corrected chi connectivity index (χ4v) is 21.1. The second kappa shape index (κ2) is 34.0. The third-order valence-electron chi connectivity index (χ3n) is 26.2. The fraction of sp³-hybridized carbons (Fsp3) is 0. The number of hydrogen-bond donors (Lipinski definition) is 0. The number of rotatable bonds is 12. The van der Waals surface area contributed by atoms with Gasteiger partial charge in [0.15, 0.2) is 23.3 Å². The van der Waals surface area contributed by atoms with Crippen molar-refractivity contribution in [2.24, 2.45) is 0 Å². The van der Waals surface area contributed by atoms with Gasteiger partial charge in [0.1, 0.15) is 22.3 Å². The first-order valence-electron chi connectivity index (χ1n) is 45.6. The zero-order valence-electron chi connectivity index (χ0n) is 73.3. The van der Waals surface area contributed by atoms with Crippen LogP contribution in [-0.2, 0) is 0 Å². The van der Waals surface area contributed by atoms with Gasteiger partial charge in [0.2, 0.25) is 0 Å². The van der Waals surface area contributed by atoms with Crippen LogP contribution in [0.3, 0.4) is 0 Å². The van der Waals surface area contributed by atoms with Gasteiger partial charge in [-0.05, 0) is 189 Å². The highest BCUT2D eigenvalue weighted by Gasteiger charge is 2.26. The number of hydrogen-bond acceptors (Lipinski definition) is 10. The van der Waals surface area contributed by atoms with E-state index < -0.39 is 0 Å². The molecule has 0 saturated heterocycles. The van der Waals surface area contributed by atoms with E-state index in [0.717, 1.165) is 133 Å². The third-order valence-corrected chi connectivity index (χ3v) is 27.4. The molecule has 634 valence electrons. The summed E-state index contributed by atoms with van der Waals surface area (Å²) in [4.78, 5) is 27.7. The molecule has 5 heterocycles. The monoisotopic (exact) mass is 1750 g/mol. The van der Waals surface area contributed by atoms with Crippen LogP contribution < -0.4 is 4.90 Å². The van der Waals surface area contributed by atoms with Crippen LogP contribution in [-0.4, -0.2) is 24.9 Å². The van der Waals surface area contributed by atoms with Gasteiger partial charge in [-0.2, -0.15) is 5.26 Å². The molecule has 0 fully saturated rings. The van der Waals surface area contributed by atoms with Gasteiger partial charge in [-0.25, -0.2) is 24.9 Å². The van der Waals surface area contributed by atoms with Crippen LogP contribution in [0.25, 0.3) is 241 Å². The second-order valence-electron chi connectivity index (χ2n) is 34.2. The van der Waals surface area contributed by atoms with Gasteiger partial charge in [-0.3, -0.25) is 0 Å². The number of aromatic nitrogens is 5. The Hall–Kier alpha value is -18.1. The summed E-state index contributed by atoms with van der Waals surface area (Å²) in [6, 6.07) is 165. The Kier molecular flexibility index (Phi) is 20.0. The van der Waals surface area contributed by atoms with E-state index in [0.29, 0.717) is 28.9 Å². The van der Waals surface area contributed by atoms with Crippen molar-refractivity contribution in [1.82, 2.24) is 24.9 Å². The number of fused-ring (bicyclic) bond motifs is 22. The maximum atomic E-state index is 9.56. The molecule has 0 aliphatic rings. The lowest BCUT2D eigenvalue weighted by Crippen LogP contribution is -2.09. The van der Waals surface area contributed by atoms with E-state index in [9.17, 15) is 5.26 Å². The van der Waals surface area contributed by atoms with Crippen molar-refractivity contribution in [2.75, 3.05) is 4.90 Å². The quantitative estimate of drug-likeness (QED) is 0.110. The van der Waals surface area contributed by atoms with Crippen molar-refractivity contribution in [3.8, 4) is 108 Å². The molecule has 0 bridgehead atoms. The summed E-state index contributed by atoms with van der Waals surface area (Å²) in [5.41, 5.74) is 21.9. The zero-order chi connectivity index (χ0) is 90.1. The Morgan fingerprint density at radius 2 is 0.640 bits per heavy atom. The lowest BCUT2D eigenvalue weighted by molar-refractivity contribution is 0.669. The van der Waals surface area contributed by atoms with Gasteiger partial charge in [-0.15, -0.1) is 11.3 Å². The summed E-state index contributed by atoms with van der Waals surface area (Å²) >= 11 is 1.79. The summed E-state index contributed by atoms with van der Waals surface area (Å²) in [5.74, 6) is 2.60. The number of nitrogens with zero attached hydrogens (tertiary/aromatic N) is 7. The molecule has 10 heteroatoms. The topological polar surface area (TPSA) is 118 Å². The van der Waals surface area contributed by atoms with E-state index >= 15 is 0 Å². The molecule has 27 aromatic rings. The minimum atomic E-state index is 0.605. The molecule has 0 atom stereocenters. The van der Waals surface area contributed by atoms with E-state index in [-0.39, 0.29) is 0 Å². The van der Waals surface area contributed by atoms with Crippen molar-refractivity contribution in [2.45, 2.75) is 0 Å². The Morgan fingerprint density at radius 1 is 0.213 bits per heavy atom. The summed E-state index contributed by atoms with van der Waals surface area (Å²) in [5, 5.41) is 33.4. The predicted molar refractivity (Wildman–Crippen MR) is 567 cm³/mol. The average Bonchev–Trinajstić information content (AvgIpc) is 1.69. The highest BCUT2D eigenvalue weighted by molar-refractivity contribution is 7.26. The van der Waals surface area contributed by atoms with Crippen LogP contribution in [0.1, 0.15) is 5.56 Å². The first-order chi connectivity index (χ1) is 67.4. The predicted octanol–water partition coefficient (Wildman–Crippen LogP) is 34.6. The molecular weight excluding hydrogens is 1680 g/mol. The lowest BCUT2D eigenvalue weighted by Gasteiger charge is -2.26. The Labute approximate surface area is 786 Å². The maximum absolute atomic E-state index is 9.56. The Morgan fingerprint density at radius 3 is 1.26 bits per heavy atom. The van der Waals surface area contributed by atoms with E-state index in [2.05, 4.69) is 363 Å². The highest BCUT2D eigenvalue weighted by atomic mass is 32.1. The van der Waals surface area contributed by atoms with Crippen LogP contribution in [0.15, 0.2) is 476 Å². The zero-order valence-corrected chi connectivity index (χ0v) is 74.1. The second-order valence-corrected chi connectivity index (χ2v) is 35.3. The van der Waals surface area contributed by atoms with Crippen molar-refractivity contribution < 1.29 is 8.83 Å². The molecule has 0 radical (unpaired) electrons. The van der Waals surface area contributed by atoms with Gasteiger partial charge in [0, 0.05) is 103 Å². The molecule has 0 aliphatic carbocycles. The fourth-order valence-electron chi connectivity index (χ4n) is 19.9. The van der Waals surface area contributed by atoms with Crippen LogP contribution in [0.2, 0.25) is 0 Å². The molecule has 136 heavy (non-hydrogen) atoms. The number of nitriles is 1. The first-order valence-corrected chi connectivity index (χ1v) is 46.4. The lowest BCUT2D eigenvalue weighted by atomic mass is 9.89. The number of benzene rings is 22. The molecule has 0 spiro atoms. The maximum Gasteiger partial charge on any atom is 0.164 e. The highest BCUT2D eigenvalue weighted by Crippen LogP contribution is 2.50. The number of anilines is 3. The molecule has 0 aliphatic heterocycles. The van der Waals surface area contributed by atoms with E-state index in [1.165, 1.54) is 102 Å². The minimum absolute atomic E-state index is 0.605. The van der Waals surface area contributed by atoms with E-state index in [4.69, 9.17) is 33.8 Å².